The molecule has 0 radical (unpaired) electrons. The lowest BCUT2D eigenvalue weighted by Crippen LogP contribution is -2.38. The lowest BCUT2D eigenvalue weighted by atomic mass is 10.2. The molecule has 0 aromatic heterocycles. The molecule has 50 valence electrons. The Morgan fingerprint density at radius 3 is 3.22 bits per heavy atom. The Kier molecular flexibility index (Phi) is 2.56. The van der Waals surface area contributed by atoms with E-state index in [1.807, 2.05) is 0 Å². The van der Waals surface area contributed by atoms with Gasteiger partial charge in [0.15, 0.2) is 0 Å². The molecule has 0 aromatic carbocycles. The van der Waals surface area contributed by atoms with E-state index in [2.05, 4.69) is 11.2 Å². The van der Waals surface area contributed by atoms with Gasteiger partial charge in [0.25, 0.3) is 0 Å². The molecule has 9 heavy (non-hydrogen) atoms. The van der Waals surface area contributed by atoms with Crippen molar-refractivity contribution in [2.45, 2.75) is 12.5 Å². The fraction of sp³-hybridized carbons (Fsp3) is 0.714. The Hall–Kier alpha value is -0.520. The van der Waals surface area contributed by atoms with Crippen LogP contribution in [-0.4, -0.2) is 25.8 Å². The maximum Gasteiger partial charge on any atom is 0.0808 e. The number of hydrogen-bond acceptors (Lipinski definition) is 2. The lowest BCUT2D eigenvalue weighted by Gasteiger charge is -2.21. The summed E-state index contributed by atoms with van der Waals surface area (Å²) < 4.78 is 5.31. The van der Waals surface area contributed by atoms with Crippen LogP contribution in [0.15, 0.2) is 0 Å². The SMILES string of the molecule is C#CC[C@H]1CNCCO1. The van der Waals surface area contributed by atoms with Crippen LogP contribution in [0.2, 0.25) is 0 Å². The highest BCUT2D eigenvalue weighted by atomic mass is 16.5. The molecule has 1 atom stereocenters. The van der Waals surface area contributed by atoms with Crippen molar-refractivity contribution < 1.29 is 4.74 Å². The molecule has 0 aromatic rings. The summed E-state index contributed by atoms with van der Waals surface area (Å²) in [5, 5.41) is 3.20. The highest BCUT2D eigenvalue weighted by Gasteiger charge is 2.10. The Bertz CT molecular complexity index is 111. The molecule has 2 heteroatoms. The van der Waals surface area contributed by atoms with Crippen molar-refractivity contribution in [3.8, 4) is 12.3 Å². The van der Waals surface area contributed by atoms with Crippen LogP contribution in [-0.2, 0) is 4.74 Å². The molecule has 0 spiro atoms. The van der Waals surface area contributed by atoms with E-state index in [0.29, 0.717) is 0 Å². The summed E-state index contributed by atoms with van der Waals surface area (Å²) in [4.78, 5) is 0. The lowest BCUT2D eigenvalue weighted by molar-refractivity contribution is 0.0322. The monoisotopic (exact) mass is 125 g/mol. The summed E-state index contributed by atoms with van der Waals surface area (Å²) in [6.45, 7) is 2.66. The zero-order valence-corrected chi connectivity index (χ0v) is 5.39. The molecule has 1 N–H and O–H groups in total. The summed E-state index contributed by atoms with van der Waals surface area (Å²) >= 11 is 0. The van der Waals surface area contributed by atoms with Gasteiger partial charge in [0.2, 0.25) is 0 Å². The summed E-state index contributed by atoms with van der Waals surface area (Å²) in [5.74, 6) is 2.57. The van der Waals surface area contributed by atoms with Gasteiger partial charge in [0.1, 0.15) is 0 Å². The number of rotatable bonds is 1. The molecule has 0 saturated carbocycles. The van der Waals surface area contributed by atoms with Crippen LogP contribution in [0.3, 0.4) is 0 Å². The third-order valence-corrected chi connectivity index (χ3v) is 1.35. The van der Waals surface area contributed by atoms with E-state index in [1.165, 1.54) is 0 Å². The fourth-order valence-corrected chi connectivity index (χ4v) is 0.882. The predicted octanol–water partition coefficient (Wildman–Crippen LogP) is -0.00190. The minimum absolute atomic E-state index is 0.253. The first-order chi connectivity index (χ1) is 4.43. The van der Waals surface area contributed by atoms with E-state index < -0.39 is 0 Å². The second kappa shape index (κ2) is 3.49. The van der Waals surface area contributed by atoms with Gasteiger partial charge in [-0.15, -0.1) is 12.3 Å². The molecule has 1 aliphatic rings. The van der Waals surface area contributed by atoms with Crippen molar-refractivity contribution in [1.29, 1.82) is 0 Å². The van der Waals surface area contributed by atoms with Gasteiger partial charge in [-0.25, -0.2) is 0 Å². The molecule has 0 amide bonds. The van der Waals surface area contributed by atoms with Crippen LogP contribution >= 0.6 is 0 Å². The highest BCUT2D eigenvalue weighted by molar-refractivity contribution is 4.88. The van der Waals surface area contributed by atoms with E-state index in [-0.39, 0.29) is 6.10 Å². The van der Waals surface area contributed by atoms with Crippen molar-refractivity contribution >= 4 is 0 Å². The molecular formula is C7H11NO. The maximum absolute atomic E-state index is 5.31. The van der Waals surface area contributed by atoms with Crippen LogP contribution in [0.4, 0.5) is 0 Å². The van der Waals surface area contributed by atoms with E-state index in [9.17, 15) is 0 Å². The number of terminal acetylenes is 1. The Morgan fingerprint density at radius 1 is 1.78 bits per heavy atom. The average Bonchev–Trinajstić information content (AvgIpc) is 1.91. The van der Waals surface area contributed by atoms with Crippen molar-refractivity contribution in [2.75, 3.05) is 19.7 Å². The van der Waals surface area contributed by atoms with Gasteiger partial charge in [-0.3, -0.25) is 0 Å². The van der Waals surface area contributed by atoms with Crippen LogP contribution in [0, 0.1) is 12.3 Å². The molecule has 0 bridgehead atoms. The highest BCUT2D eigenvalue weighted by Crippen LogP contribution is 1.98. The van der Waals surface area contributed by atoms with Crippen molar-refractivity contribution in [3.05, 3.63) is 0 Å². The topological polar surface area (TPSA) is 21.3 Å². The molecule has 1 aliphatic heterocycles. The van der Waals surface area contributed by atoms with Crippen LogP contribution in [0.1, 0.15) is 6.42 Å². The van der Waals surface area contributed by atoms with E-state index in [0.717, 1.165) is 26.1 Å². The number of morpholine rings is 1. The maximum atomic E-state index is 5.31. The van der Waals surface area contributed by atoms with Gasteiger partial charge in [-0.2, -0.15) is 0 Å². The fourth-order valence-electron chi connectivity index (χ4n) is 0.882. The van der Waals surface area contributed by atoms with Gasteiger partial charge < -0.3 is 10.1 Å². The van der Waals surface area contributed by atoms with E-state index in [4.69, 9.17) is 11.2 Å². The summed E-state index contributed by atoms with van der Waals surface area (Å²) in [7, 11) is 0. The Balaban J connectivity index is 2.17. The first-order valence-corrected chi connectivity index (χ1v) is 3.19. The molecule has 1 rings (SSSR count). The second-order valence-corrected chi connectivity index (χ2v) is 2.11. The second-order valence-electron chi connectivity index (χ2n) is 2.11. The first kappa shape index (κ1) is 6.60. The quantitative estimate of drug-likeness (QED) is 0.498. The smallest absolute Gasteiger partial charge is 0.0808 e. The van der Waals surface area contributed by atoms with Crippen LogP contribution in [0.25, 0.3) is 0 Å². The normalized spacial score (nSPS) is 27.2. The molecular weight excluding hydrogens is 114 g/mol. The molecule has 0 aliphatic carbocycles. The van der Waals surface area contributed by atoms with Gasteiger partial charge in [-0.1, -0.05) is 0 Å². The minimum Gasteiger partial charge on any atom is -0.375 e. The molecule has 0 unspecified atom stereocenters. The van der Waals surface area contributed by atoms with Crippen molar-refractivity contribution in [1.82, 2.24) is 5.32 Å². The van der Waals surface area contributed by atoms with Gasteiger partial charge in [0, 0.05) is 19.5 Å². The third-order valence-electron chi connectivity index (χ3n) is 1.35. The van der Waals surface area contributed by atoms with Crippen molar-refractivity contribution in [3.63, 3.8) is 0 Å². The standard InChI is InChI=1S/C7H11NO/c1-2-3-7-6-8-4-5-9-7/h1,7-8H,3-6H2/t7-/m0/s1. The van der Waals surface area contributed by atoms with Crippen LogP contribution < -0.4 is 5.32 Å². The Morgan fingerprint density at radius 2 is 2.67 bits per heavy atom. The minimum atomic E-state index is 0.253. The molecule has 2 nitrogen and oxygen atoms in total. The predicted molar refractivity (Wildman–Crippen MR) is 36.1 cm³/mol. The van der Waals surface area contributed by atoms with E-state index in [1.54, 1.807) is 0 Å². The van der Waals surface area contributed by atoms with E-state index >= 15 is 0 Å². The first-order valence-electron chi connectivity index (χ1n) is 3.19. The molecule has 1 saturated heterocycles. The van der Waals surface area contributed by atoms with Crippen LogP contribution in [0.5, 0.6) is 0 Å². The van der Waals surface area contributed by atoms with Gasteiger partial charge in [-0.05, 0) is 0 Å². The number of ether oxygens (including phenoxy) is 1. The third kappa shape index (κ3) is 2.05. The largest absolute Gasteiger partial charge is 0.375 e. The van der Waals surface area contributed by atoms with Gasteiger partial charge >= 0.3 is 0 Å². The summed E-state index contributed by atoms with van der Waals surface area (Å²) in [5.41, 5.74) is 0. The Labute approximate surface area is 55.6 Å². The number of nitrogens with one attached hydrogen (secondary N) is 1. The van der Waals surface area contributed by atoms with Gasteiger partial charge in [0.05, 0.1) is 12.7 Å². The average molecular weight is 125 g/mol. The van der Waals surface area contributed by atoms with Crippen molar-refractivity contribution in [2.24, 2.45) is 0 Å². The summed E-state index contributed by atoms with van der Waals surface area (Å²) in [6, 6.07) is 0. The zero-order valence-electron chi connectivity index (χ0n) is 5.39. The zero-order chi connectivity index (χ0) is 6.53. The number of hydrogen-bond donors (Lipinski definition) is 1. The summed E-state index contributed by atoms with van der Waals surface area (Å²) in [6.07, 6.45) is 6.08. The molecule has 1 fully saturated rings. The molecule has 1 heterocycles.